The van der Waals surface area contributed by atoms with Crippen molar-refractivity contribution in [1.29, 1.82) is 0 Å². The van der Waals surface area contributed by atoms with Gasteiger partial charge < -0.3 is 10.5 Å². The van der Waals surface area contributed by atoms with Gasteiger partial charge in [-0.25, -0.2) is 9.18 Å². The molecule has 0 amide bonds. The molecule has 1 aromatic carbocycles. The van der Waals surface area contributed by atoms with Crippen LogP contribution in [-0.4, -0.2) is 12.6 Å². The summed E-state index contributed by atoms with van der Waals surface area (Å²) >= 11 is 0. The van der Waals surface area contributed by atoms with Gasteiger partial charge in [-0.2, -0.15) is 0 Å². The lowest BCUT2D eigenvalue weighted by molar-refractivity contribution is 0.0498. The van der Waals surface area contributed by atoms with Crippen molar-refractivity contribution in [2.45, 2.75) is 39.0 Å². The molecule has 0 atom stereocenters. The molecule has 18 heavy (non-hydrogen) atoms. The fraction of sp³-hybridized carbons (Fsp3) is 0.500. The molecule has 1 aromatic rings. The Bertz CT molecular complexity index is 393. The van der Waals surface area contributed by atoms with Gasteiger partial charge in [0, 0.05) is 0 Å². The van der Waals surface area contributed by atoms with E-state index in [-0.39, 0.29) is 11.3 Å². The van der Waals surface area contributed by atoms with Gasteiger partial charge in [0.2, 0.25) is 0 Å². The summed E-state index contributed by atoms with van der Waals surface area (Å²) in [6.07, 6.45) is 5.40. The highest BCUT2D eigenvalue weighted by molar-refractivity contribution is 5.95. The second kappa shape index (κ2) is 7.69. The first-order valence-corrected chi connectivity index (χ1v) is 6.38. The summed E-state index contributed by atoms with van der Waals surface area (Å²) in [5.74, 6) is -1.14. The maximum absolute atomic E-state index is 13.1. The van der Waals surface area contributed by atoms with E-state index in [1.807, 2.05) is 0 Å². The predicted octanol–water partition coefficient (Wildman–Crippen LogP) is 3.54. The number of ether oxygens (including phenoxy) is 1. The zero-order valence-corrected chi connectivity index (χ0v) is 10.7. The summed E-state index contributed by atoms with van der Waals surface area (Å²) in [7, 11) is 0. The summed E-state index contributed by atoms with van der Waals surface area (Å²) < 4.78 is 18.2. The third-order valence-corrected chi connectivity index (χ3v) is 2.75. The third kappa shape index (κ3) is 4.35. The number of carbonyl (C=O) groups is 1. The van der Waals surface area contributed by atoms with Gasteiger partial charge in [0.15, 0.2) is 0 Å². The zero-order valence-electron chi connectivity index (χ0n) is 10.7. The highest BCUT2D eigenvalue weighted by Gasteiger charge is 2.13. The molecule has 0 aliphatic rings. The summed E-state index contributed by atoms with van der Waals surface area (Å²) in [4.78, 5) is 11.6. The van der Waals surface area contributed by atoms with Crippen LogP contribution in [0.3, 0.4) is 0 Å². The number of para-hydroxylation sites is 1. The minimum absolute atomic E-state index is 0.101. The third-order valence-electron chi connectivity index (χ3n) is 2.75. The maximum atomic E-state index is 13.1. The predicted molar refractivity (Wildman–Crippen MR) is 69.9 cm³/mol. The van der Waals surface area contributed by atoms with Crippen LogP contribution in [0.5, 0.6) is 0 Å². The second-order valence-corrected chi connectivity index (χ2v) is 4.25. The van der Waals surface area contributed by atoms with Crippen molar-refractivity contribution in [2.75, 3.05) is 12.3 Å². The molecular formula is C14H20FNO2. The molecule has 0 spiro atoms. The Hall–Kier alpha value is -1.58. The molecule has 1 rings (SSSR count). The van der Waals surface area contributed by atoms with Crippen LogP contribution in [0.15, 0.2) is 18.2 Å². The summed E-state index contributed by atoms with van der Waals surface area (Å²) in [6, 6.07) is 4.14. The summed E-state index contributed by atoms with van der Waals surface area (Å²) in [5.41, 5.74) is 5.43. The van der Waals surface area contributed by atoms with Crippen molar-refractivity contribution < 1.29 is 13.9 Å². The molecule has 0 saturated heterocycles. The molecule has 3 nitrogen and oxygen atoms in total. The van der Waals surface area contributed by atoms with E-state index in [2.05, 4.69) is 6.92 Å². The molecule has 0 aliphatic heterocycles. The largest absolute Gasteiger partial charge is 0.462 e. The highest BCUT2D eigenvalue weighted by atomic mass is 19.1. The van der Waals surface area contributed by atoms with E-state index in [4.69, 9.17) is 10.5 Å². The van der Waals surface area contributed by atoms with Crippen LogP contribution in [0.25, 0.3) is 0 Å². The van der Waals surface area contributed by atoms with Crippen LogP contribution >= 0.6 is 0 Å². The Morgan fingerprint density at radius 3 is 2.72 bits per heavy atom. The average molecular weight is 253 g/mol. The van der Waals surface area contributed by atoms with E-state index in [1.165, 1.54) is 31.0 Å². The van der Waals surface area contributed by atoms with Crippen molar-refractivity contribution in [3.05, 3.63) is 29.6 Å². The van der Waals surface area contributed by atoms with Crippen LogP contribution in [0.4, 0.5) is 10.1 Å². The molecule has 4 heteroatoms. The Morgan fingerprint density at radius 1 is 1.28 bits per heavy atom. The minimum atomic E-state index is -0.590. The number of anilines is 1. The van der Waals surface area contributed by atoms with Crippen LogP contribution < -0.4 is 5.73 Å². The Kier molecular flexibility index (Phi) is 6.19. The van der Waals surface area contributed by atoms with Crippen LogP contribution in [-0.2, 0) is 4.74 Å². The van der Waals surface area contributed by atoms with Crippen LogP contribution in [0.1, 0.15) is 49.4 Å². The van der Waals surface area contributed by atoms with E-state index >= 15 is 0 Å². The fourth-order valence-electron chi connectivity index (χ4n) is 1.66. The molecule has 0 bridgehead atoms. The normalized spacial score (nSPS) is 10.3. The number of hydrogen-bond acceptors (Lipinski definition) is 3. The first-order chi connectivity index (χ1) is 8.66. The molecule has 0 radical (unpaired) electrons. The second-order valence-electron chi connectivity index (χ2n) is 4.25. The summed E-state index contributed by atoms with van der Waals surface area (Å²) in [6.45, 7) is 2.51. The van der Waals surface area contributed by atoms with Gasteiger partial charge in [-0.05, 0) is 18.6 Å². The minimum Gasteiger partial charge on any atom is -0.462 e. The van der Waals surface area contributed by atoms with Gasteiger partial charge in [-0.1, -0.05) is 38.7 Å². The molecular weight excluding hydrogens is 233 g/mol. The topological polar surface area (TPSA) is 52.3 Å². The van der Waals surface area contributed by atoms with Crippen molar-refractivity contribution >= 4 is 11.7 Å². The molecule has 0 saturated carbocycles. The number of rotatable bonds is 7. The molecule has 0 fully saturated rings. The molecule has 0 unspecified atom stereocenters. The van der Waals surface area contributed by atoms with Gasteiger partial charge in [0.05, 0.1) is 17.9 Å². The lowest BCUT2D eigenvalue weighted by Crippen LogP contribution is -2.10. The maximum Gasteiger partial charge on any atom is 0.340 e. The van der Waals surface area contributed by atoms with E-state index in [0.717, 1.165) is 19.3 Å². The van der Waals surface area contributed by atoms with Gasteiger partial charge >= 0.3 is 5.97 Å². The molecule has 2 N–H and O–H groups in total. The van der Waals surface area contributed by atoms with Crippen molar-refractivity contribution in [2.24, 2.45) is 0 Å². The first kappa shape index (κ1) is 14.5. The van der Waals surface area contributed by atoms with E-state index in [0.29, 0.717) is 6.61 Å². The fourth-order valence-corrected chi connectivity index (χ4v) is 1.66. The number of benzene rings is 1. The highest BCUT2D eigenvalue weighted by Crippen LogP contribution is 2.16. The summed E-state index contributed by atoms with van der Waals surface area (Å²) in [5, 5.41) is 0. The number of esters is 1. The van der Waals surface area contributed by atoms with Gasteiger partial charge in [0.25, 0.3) is 0 Å². The standard InChI is InChI=1S/C14H20FNO2/c1-2-3-4-5-6-10-18-14(17)11-8-7-9-12(15)13(11)16/h7-9H,2-6,10,16H2,1H3. The number of carbonyl (C=O) groups excluding carboxylic acids is 1. The monoisotopic (exact) mass is 253 g/mol. The number of nitrogens with two attached hydrogens (primary N) is 1. The van der Waals surface area contributed by atoms with Crippen LogP contribution in [0.2, 0.25) is 0 Å². The van der Waals surface area contributed by atoms with Crippen molar-refractivity contribution in [3.8, 4) is 0 Å². The quantitative estimate of drug-likeness (QED) is 0.459. The first-order valence-electron chi connectivity index (χ1n) is 6.38. The van der Waals surface area contributed by atoms with E-state index in [9.17, 15) is 9.18 Å². The zero-order chi connectivity index (χ0) is 13.4. The smallest absolute Gasteiger partial charge is 0.340 e. The van der Waals surface area contributed by atoms with E-state index < -0.39 is 11.8 Å². The number of nitrogen functional groups attached to an aromatic ring is 1. The lowest BCUT2D eigenvalue weighted by Gasteiger charge is -2.07. The van der Waals surface area contributed by atoms with E-state index in [1.54, 1.807) is 0 Å². The van der Waals surface area contributed by atoms with Gasteiger partial charge in [0.1, 0.15) is 5.82 Å². The SMILES string of the molecule is CCCCCCCOC(=O)c1cccc(F)c1N. The molecule has 0 aromatic heterocycles. The van der Waals surface area contributed by atoms with Crippen LogP contribution in [0, 0.1) is 5.82 Å². The Morgan fingerprint density at radius 2 is 2.00 bits per heavy atom. The van der Waals surface area contributed by atoms with Crippen molar-refractivity contribution in [1.82, 2.24) is 0 Å². The lowest BCUT2D eigenvalue weighted by atomic mass is 10.1. The molecule has 100 valence electrons. The number of halogens is 1. The Balaban J connectivity index is 2.35. The van der Waals surface area contributed by atoms with Gasteiger partial charge in [-0.3, -0.25) is 0 Å². The molecule has 0 heterocycles. The number of hydrogen-bond donors (Lipinski definition) is 1. The van der Waals surface area contributed by atoms with Crippen molar-refractivity contribution in [3.63, 3.8) is 0 Å². The molecule has 0 aliphatic carbocycles. The van der Waals surface area contributed by atoms with Gasteiger partial charge in [-0.15, -0.1) is 0 Å². The average Bonchev–Trinajstić information content (AvgIpc) is 2.36. The number of unbranched alkanes of at least 4 members (excludes halogenated alkanes) is 4. The Labute approximate surface area is 107 Å².